The molecule has 0 aliphatic rings. The third-order valence-electron chi connectivity index (χ3n) is 3.35. The maximum atomic E-state index is 11.5. The Bertz CT molecular complexity index is 695. The Kier molecular flexibility index (Phi) is 6.11. The number of rotatable bonds is 6. The highest BCUT2D eigenvalue weighted by Crippen LogP contribution is 2.32. The van der Waals surface area contributed by atoms with Gasteiger partial charge in [-0.2, -0.15) is 0 Å². The fourth-order valence-corrected chi connectivity index (χ4v) is 3.08. The SMILES string of the molecule is CCOc1cccc(SC(C)=O)c1COc1ccc(C)cc1C. The van der Waals surface area contributed by atoms with Gasteiger partial charge in [0.2, 0.25) is 0 Å². The van der Waals surface area contributed by atoms with E-state index in [-0.39, 0.29) is 5.12 Å². The second-order valence-electron chi connectivity index (χ2n) is 5.32. The summed E-state index contributed by atoms with van der Waals surface area (Å²) >= 11 is 1.21. The number of carbonyl (C=O) groups excluding carboxylic acids is 1. The smallest absolute Gasteiger partial charge is 0.190 e. The lowest BCUT2D eigenvalue weighted by atomic mass is 10.1. The third-order valence-corrected chi connectivity index (χ3v) is 4.24. The fraction of sp³-hybridized carbons (Fsp3) is 0.316. The summed E-state index contributed by atoms with van der Waals surface area (Å²) < 4.78 is 11.7. The van der Waals surface area contributed by atoms with Crippen LogP contribution in [0.4, 0.5) is 0 Å². The molecule has 0 atom stereocenters. The zero-order chi connectivity index (χ0) is 16.8. The summed E-state index contributed by atoms with van der Waals surface area (Å²) in [5, 5.41) is 0.0476. The van der Waals surface area contributed by atoms with E-state index in [1.165, 1.54) is 17.3 Å². The highest BCUT2D eigenvalue weighted by molar-refractivity contribution is 8.13. The molecule has 0 amide bonds. The topological polar surface area (TPSA) is 35.5 Å². The van der Waals surface area contributed by atoms with Crippen molar-refractivity contribution in [2.45, 2.75) is 39.2 Å². The molecular weight excluding hydrogens is 308 g/mol. The molecule has 122 valence electrons. The molecule has 0 heterocycles. The van der Waals surface area contributed by atoms with Crippen LogP contribution < -0.4 is 9.47 Å². The van der Waals surface area contributed by atoms with Crippen molar-refractivity contribution < 1.29 is 14.3 Å². The highest BCUT2D eigenvalue weighted by Gasteiger charge is 2.13. The van der Waals surface area contributed by atoms with E-state index in [1.807, 2.05) is 44.2 Å². The first-order chi connectivity index (χ1) is 11.0. The monoisotopic (exact) mass is 330 g/mol. The summed E-state index contributed by atoms with van der Waals surface area (Å²) in [6, 6.07) is 11.8. The van der Waals surface area contributed by atoms with Crippen LogP contribution in [0.2, 0.25) is 0 Å². The van der Waals surface area contributed by atoms with E-state index < -0.39 is 0 Å². The highest BCUT2D eigenvalue weighted by atomic mass is 32.2. The van der Waals surface area contributed by atoms with Gasteiger partial charge in [-0.05, 0) is 44.5 Å². The minimum Gasteiger partial charge on any atom is -0.493 e. The van der Waals surface area contributed by atoms with Gasteiger partial charge < -0.3 is 9.47 Å². The molecule has 0 radical (unpaired) electrons. The molecule has 0 bridgehead atoms. The summed E-state index contributed by atoms with van der Waals surface area (Å²) in [4.78, 5) is 12.4. The average molecular weight is 330 g/mol. The van der Waals surface area contributed by atoms with Crippen LogP contribution >= 0.6 is 11.8 Å². The van der Waals surface area contributed by atoms with Crippen molar-refractivity contribution in [2.75, 3.05) is 6.61 Å². The maximum Gasteiger partial charge on any atom is 0.190 e. The van der Waals surface area contributed by atoms with Crippen LogP contribution in [0.5, 0.6) is 11.5 Å². The molecule has 0 aliphatic carbocycles. The molecule has 2 aromatic carbocycles. The van der Waals surface area contributed by atoms with Crippen LogP contribution in [0.3, 0.4) is 0 Å². The van der Waals surface area contributed by atoms with Crippen LogP contribution in [0, 0.1) is 13.8 Å². The van der Waals surface area contributed by atoms with Crippen molar-refractivity contribution in [3.8, 4) is 11.5 Å². The lowest BCUT2D eigenvalue weighted by molar-refractivity contribution is -0.109. The standard InChI is InChI=1S/C19H22O3S/c1-5-21-18-7-6-8-19(23-15(4)20)16(18)12-22-17-10-9-13(2)11-14(17)3/h6-11H,5,12H2,1-4H3. The van der Waals surface area contributed by atoms with E-state index in [2.05, 4.69) is 13.0 Å². The van der Waals surface area contributed by atoms with Crippen molar-refractivity contribution in [3.05, 3.63) is 53.1 Å². The first-order valence-corrected chi connectivity index (χ1v) is 8.46. The van der Waals surface area contributed by atoms with E-state index >= 15 is 0 Å². The Morgan fingerprint density at radius 3 is 2.52 bits per heavy atom. The number of aryl methyl sites for hydroxylation is 2. The van der Waals surface area contributed by atoms with Gasteiger partial charge in [-0.3, -0.25) is 4.79 Å². The molecule has 0 spiro atoms. The summed E-state index contributed by atoms with van der Waals surface area (Å²) in [7, 11) is 0. The molecule has 0 aromatic heterocycles. The summed E-state index contributed by atoms with van der Waals surface area (Å²) in [6.07, 6.45) is 0. The molecular formula is C19H22O3S. The molecule has 0 N–H and O–H groups in total. The van der Waals surface area contributed by atoms with Gasteiger partial charge in [0.25, 0.3) is 0 Å². The van der Waals surface area contributed by atoms with Crippen molar-refractivity contribution in [2.24, 2.45) is 0 Å². The number of thioether (sulfide) groups is 1. The molecule has 0 unspecified atom stereocenters. The molecule has 0 aliphatic heterocycles. The first-order valence-electron chi connectivity index (χ1n) is 7.64. The lowest BCUT2D eigenvalue weighted by Crippen LogP contribution is -2.04. The second kappa shape index (κ2) is 8.06. The van der Waals surface area contributed by atoms with Gasteiger partial charge in [0.1, 0.15) is 18.1 Å². The van der Waals surface area contributed by atoms with Crippen molar-refractivity contribution in [1.82, 2.24) is 0 Å². The van der Waals surface area contributed by atoms with Crippen molar-refractivity contribution in [3.63, 3.8) is 0 Å². The van der Waals surface area contributed by atoms with E-state index in [4.69, 9.17) is 9.47 Å². The number of hydrogen-bond donors (Lipinski definition) is 0. The van der Waals surface area contributed by atoms with Crippen molar-refractivity contribution >= 4 is 16.9 Å². The second-order valence-corrected chi connectivity index (χ2v) is 6.54. The van der Waals surface area contributed by atoms with Gasteiger partial charge in [-0.25, -0.2) is 0 Å². The molecule has 4 heteroatoms. The quantitative estimate of drug-likeness (QED) is 0.704. The Hall–Kier alpha value is -1.94. The first kappa shape index (κ1) is 17.4. The minimum absolute atomic E-state index is 0.0476. The third kappa shape index (κ3) is 4.76. The van der Waals surface area contributed by atoms with Gasteiger partial charge >= 0.3 is 0 Å². The summed E-state index contributed by atoms with van der Waals surface area (Å²) in [5.41, 5.74) is 3.21. The Morgan fingerprint density at radius 2 is 1.87 bits per heavy atom. The molecule has 23 heavy (non-hydrogen) atoms. The molecule has 0 saturated carbocycles. The number of hydrogen-bond acceptors (Lipinski definition) is 4. The van der Waals surface area contributed by atoms with Gasteiger partial charge in [-0.15, -0.1) is 0 Å². The molecule has 2 aromatic rings. The van der Waals surface area contributed by atoms with Crippen LogP contribution in [-0.4, -0.2) is 11.7 Å². The predicted molar refractivity (Wildman–Crippen MR) is 94.4 cm³/mol. The van der Waals surface area contributed by atoms with Crippen LogP contribution in [0.15, 0.2) is 41.3 Å². The molecule has 0 fully saturated rings. The van der Waals surface area contributed by atoms with Gasteiger partial charge in [0.15, 0.2) is 5.12 Å². The molecule has 2 rings (SSSR count). The maximum absolute atomic E-state index is 11.5. The Balaban J connectivity index is 2.27. The van der Waals surface area contributed by atoms with E-state index in [1.54, 1.807) is 6.92 Å². The summed E-state index contributed by atoms with van der Waals surface area (Å²) in [5.74, 6) is 1.61. The molecule has 0 saturated heterocycles. The van der Waals surface area contributed by atoms with E-state index in [0.29, 0.717) is 13.2 Å². The average Bonchev–Trinajstić information content (AvgIpc) is 2.48. The summed E-state index contributed by atoms with van der Waals surface area (Å²) in [6.45, 7) is 8.54. The Morgan fingerprint density at radius 1 is 1.09 bits per heavy atom. The van der Waals surface area contributed by atoms with Gasteiger partial charge in [0, 0.05) is 17.4 Å². The minimum atomic E-state index is 0.0476. The zero-order valence-corrected chi connectivity index (χ0v) is 14.8. The van der Waals surface area contributed by atoms with Crippen LogP contribution in [0.25, 0.3) is 0 Å². The van der Waals surface area contributed by atoms with Gasteiger partial charge in [-0.1, -0.05) is 35.5 Å². The van der Waals surface area contributed by atoms with Crippen LogP contribution in [-0.2, 0) is 11.4 Å². The Labute approximate surface area is 142 Å². The predicted octanol–water partition coefficient (Wildman–Crippen LogP) is 4.92. The van der Waals surface area contributed by atoms with E-state index in [9.17, 15) is 4.79 Å². The fourth-order valence-electron chi connectivity index (χ4n) is 2.34. The normalized spacial score (nSPS) is 10.4. The number of ether oxygens (including phenoxy) is 2. The number of carbonyl (C=O) groups is 1. The zero-order valence-electron chi connectivity index (χ0n) is 14.0. The molecule has 3 nitrogen and oxygen atoms in total. The largest absolute Gasteiger partial charge is 0.493 e. The van der Waals surface area contributed by atoms with Crippen LogP contribution in [0.1, 0.15) is 30.5 Å². The number of benzene rings is 2. The van der Waals surface area contributed by atoms with Gasteiger partial charge in [0.05, 0.1) is 6.61 Å². The van der Waals surface area contributed by atoms with Crippen molar-refractivity contribution in [1.29, 1.82) is 0 Å². The lowest BCUT2D eigenvalue weighted by Gasteiger charge is -2.16. The van der Waals surface area contributed by atoms with E-state index in [0.717, 1.165) is 27.5 Å².